The van der Waals surface area contributed by atoms with Gasteiger partial charge < -0.3 is 15.4 Å². The summed E-state index contributed by atoms with van der Waals surface area (Å²) in [6.07, 6.45) is 0. The lowest BCUT2D eigenvalue weighted by Crippen LogP contribution is -2.08. The van der Waals surface area contributed by atoms with Crippen LogP contribution in [0.1, 0.15) is 23.7 Å². The van der Waals surface area contributed by atoms with Crippen molar-refractivity contribution in [3.63, 3.8) is 0 Å². The number of nitro groups is 1. The Balaban J connectivity index is 1.96. The molecule has 3 aromatic rings. The average molecular weight is 393 g/mol. The highest BCUT2D eigenvalue weighted by atomic mass is 16.6. The van der Waals surface area contributed by atoms with E-state index in [1.54, 1.807) is 31.2 Å². The molecular formula is C21H23N5O3. The molecule has 0 aliphatic carbocycles. The van der Waals surface area contributed by atoms with E-state index in [1.165, 1.54) is 0 Å². The van der Waals surface area contributed by atoms with E-state index in [0.717, 1.165) is 22.6 Å². The van der Waals surface area contributed by atoms with Crippen molar-refractivity contribution >= 4 is 28.8 Å². The second kappa shape index (κ2) is 8.55. The summed E-state index contributed by atoms with van der Waals surface area (Å²) < 4.78 is 5.43. The van der Waals surface area contributed by atoms with Gasteiger partial charge in [-0.05, 0) is 69.2 Å². The normalized spacial score (nSPS) is 10.5. The van der Waals surface area contributed by atoms with E-state index in [-0.39, 0.29) is 23.1 Å². The van der Waals surface area contributed by atoms with Gasteiger partial charge in [-0.3, -0.25) is 10.1 Å². The van der Waals surface area contributed by atoms with Gasteiger partial charge >= 0.3 is 5.69 Å². The molecule has 0 spiro atoms. The van der Waals surface area contributed by atoms with Crippen LogP contribution in [0.4, 0.5) is 28.8 Å². The van der Waals surface area contributed by atoms with Gasteiger partial charge in [-0.2, -0.15) is 4.98 Å². The first-order valence-electron chi connectivity index (χ1n) is 9.25. The Morgan fingerprint density at radius 2 is 1.76 bits per heavy atom. The van der Waals surface area contributed by atoms with Crippen molar-refractivity contribution in [1.29, 1.82) is 0 Å². The van der Waals surface area contributed by atoms with E-state index in [2.05, 4.69) is 20.6 Å². The SMILES string of the molecule is CCOc1ccc(Nc2nc(Nc3cccc(C)c3C)nc(C)c2[N+](=O)[O-])cc1. The largest absolute Gasteiger partial charge is 0.494 e. The Morgan fingerprint density at radius 3 is 2.41 bits per heavy atom. The highest BCUT2D eigenvalue weighted by molar-refractivity contribution is 5.70. The molecule has 3 rings (SSSR count). The summed E-state index contributed by atoms with van der Waals surface area (Å²) in [6.45, 7) is 8.08. The van der Waals surface area contributed by atoms with Crippen molar-refractivity contribution in [2.45, 2.75) is 27.7 Å². The standard InChI is InChI=1S/C21H23N5O3/c1-5-29-17-11-9-16(10-12-17)23-20-19(26(27)28)15(4)22-21(25-20)24-18-8-6-7-13(2)14(18)3/h6-12H,5H2,1-4H3,(H2,22,23,24,25). The van der Waals surface area contributed by atoms with Crippen LogP contribution < -0.4 is 15.4 Å². The Kier molecular flexibility index (Phi) is 5.92. The number of anilines is 4. The predicted octanol–water partition coefficient (Wildman–Crippen LogP) is 5.20. The average Bonchev–Trinajstić information content (AvgIpc) is 2.66. The topological polar surface area (TPSA) is 102 Å². The first-order valence-corrected chi connectivity index (χ1v) is 9.25. The highest BCUT2D eigenvalue weighted by Crippen LogP contribution is 2.31. The zero-order valence-electron chi connectivity index (χ0n) is 16.8. The van der Waals surface area contributed by atoms with Crippen LogP contribution in [0.15, 0.2) is 42.5 Å². The van der Waals surface area contributed by atoms with Crippen molar-refractivity contribution in [2.24, 2.45) is 0 Å². The molecule has 29 heavy (non-hydrogen) atoms. The summed E-state index contributed by atoms with van der Waals surface area (Å²) in [5, 5.41) is 17.8. The number of hydrogen-bond donors (Lipinski definition) is 2. The van der Waals surface area contributed by atoms with Crippen LogP contribution in [-0.2, 0) is 0 Å². The lowest BCUT2D eigenvalue weighted by Gasteiger charge is -2.13. The van der Waals surface area contributed by atoms with Crippen molar-refractivity contribution < 1.29 is 9.66 Å². The molecule has 0 radical (unpaired) electrons. The lowest BCUT2D eigenvalue weighted by molar-refractivity contribution is -0.385. The Bertz CT molecular complexity index is 1040. The van der Waals surface area contributed by atoms with Gasteiger partial charge in [0, 0.05) is 11.4 Å². The number of benzene rings is 2. The number of rotatable bonds is 7. The van der Waals surface area contributed by atoms with Crippen LogP contribution in [-0.4, -0.2) is 21.5 Å². The highest BCUT2D eigenvalue weighted by Gasteiger charge is 2.22. The number of nitrogens with zero attached hydrogens (tertiary/aromatic N) is 3. The molecule has 0 fully saturated rings. The van der Waals surface area contributed by atoms with Crippen LogP contribution in [0, 0.1) is 30.9 Å². The zero-order chi connectivity index (χ0) is 21.0. The maximum Gasteiger partial charge on any atom is 0.332 e. The first kappa shape index (κ1) is 20.1. The molecule has 8 nitrogen and oxygen atoms in total. The third kappa shape index (κ3) is 4.60. The van der Waals surface area contributed by atoms with Gasteiger partial charge in [-0.25, -0.2) is 4.98 Å². The maximum atomic E-state index is 11.6. The Hall–Kier alpha value is -3.68. The van der Waals surface area contributed by atoms with E-state index >= 15 is 0 Å². The van der Waals surface area contributed by atoms with Gasteiger partial charge in [0.1, 0.15) is 11.4 Å². The smallest absolute Gasteiger partial charge is 0.332 e. The molecule has 1 aromatic heterocycles. The number of aromatic nitrogens is 2. The fourth-order valence-corrected chi connectivity index (χ4v) is 2.87. The zero-order valence-corrected chi connectivity index (χ0v) is 16.8. The molecule has 2 aromatic carbocycles. The monoisotopic (exact) mass is 393 g/mol. The molecule has 150 valence electrons. The fraction of sp³-hybridized carbons (Fsp3) is 0.238. The molecule has 0 bridgehead atoms. The maximum absolute atomic E-state index is 11.6. The van der Waals surface area contributed by atoms with Gasteiger partial charge in [0.15, 0.2) is 0 Å². The number of aryl methyl sites for hydroxylation is 2. The molecule has 0 saturated carbocycles. The summed E-state index contributed by atoms with van der Waals surface area (Å²) in [7, 11) is 0. The molecule has 0 aliphatic heterocycles. The van der Waals surface area contributed by atoms with Crippen LogP contribution >= 0.6 is 0 Å². The molecule has 0 amide bonds. The van der Waals surface area contributed by atoms with Gasteiger partial charge in [0.25, 0.3) is 0 Å². The molecule has 0 unspecified atom stereocenters. The van der Waals surface area contributed by atoms with Crippen LogP contribution in [0.2, 0.25) is 0 Å². The fourth-order valence-electron chi connectivity index (χ4n) is 2.87. The van der Waals surface area contributed by atoms with Crippen LogP contribution in [0.25, 0.3) is 0 Å². The number of nitrogens with one attached hydrogen (secondary N) is 2. The van der Waals surface area contributed by atoms with Crippen LogP contribution in [0.3, 0.4) is 0 Å². The third-order valence-corrected chi connectivity index (χ3v) is 4.52. The minimum absolute atomic E-state index is 0.125. The second-order valence-electron chi connectivity index (χ2n) is 6.54. The molecule has 1 heterocycles. The number of ether oxygens (including phenoxy) is 1. The third-order valence-electron chi connectivity index (χ3n) is 4.52. The minimum atomic E-state index is -0.478. The molecule has 8 heteroatoms. The first-order chi connectivity index (χ1) is 13.9. The Labute approximate surface area is 169 Å². The van der Waals surface area contributed by atoms with Crippen molar-refractivity contribution in [3.05, 3.63) is 69.4 Å². The number of hydrogen-bond acceptors (Lipinski definition) is 7. The minimum Gasteiger partial charge on any atom is -0.494 e. The summed E-state index contributed by atoms with van der Waals surface area (Å²) in [6, 6.07) is 13.0. The molecule has 0 saturated heterocycles. The van der Waals surface area contributed by atoms with Gasteiger partial charge in [-0.15, -0.1) is 0 Å². The van der Waals surface area contributed by atoms with Crippen molar-refractivity contribution in [1.82, 2.24) is 9.97 Å². The van der Waals surface area contributed by atoms with E-state index in [4.69, 9.17) is 4.74 Å². The molecule has 0 aliphatic rings. The molecule has 2 N–H and O–H groups in total. The van der Waals surface area contributed by atoms with E-state index < -0.39 is 4.92 Å². The summed E-state index contributed by atoms with van der Waals surface area (Å²) in [5.74, 6) is 1.14. The molecular weight excluding hydrogens is 370 g/mol. The van der Waals surface area contributed by atoms with E-state index in [0.29, 0.717) is 12.3 Å². The molecule has 0 atom stereocenters. The van der Waals surface area contributed by atoms with Gasteiger partial charge in [0.05, 0.1) is 11.5 Å². The van der Waals surface area contributed by atoms with Gasteiger partial charge in [-0.1, -0.05) is 12.1 Å². The van der Waals surface area contributed by atoms with E-state index in [1.807, 2.05) is 39.0 Å². The predicted molar refractivity (Wildman–Crippen MR) is 114 cm³/mol. The summed E-state index contributed by atoms with van der Waals surface area (Å²) >= 11 is 0. The van der Waals surface area contributed by atoms with Crippen molar-refractivity contribution in [3.8, 4) is 5.75 Å². The van der Waals surface area contributed by atoms with Crippen LogP contribution in [0.5, 0.6) is 5.75 Å². The lowest BCUT2D eigenvalue weighted by atomic mass is 10.1. The second-order valence-corrected chi connectivity index (χ2v) is 6.54. The summed E-state index contributed by atoms with van der Waals surface area (Å²) in [4.78, 5) is 19.8. The summed E-state index contributed by atoms with van der Waals surface area (Å²) in [5.41, 5.74) is 3.81. The quantitative estimate of drug-likeness (QED) is 0.420. The van der Waals surface area contributed by atoms with Crippen molar-refractivity contribution in [2.75, 3.05) is 17.2 Å². The Morgan fingerprint density at radius 1 is 1.03 bits per heavy atom. The van der Waals surface area contributed by atoms with E-state index in [9.17, 15) is 10.1 Å². The van der Waals surface area contributed by atoms with Gasteiger partial charge in [0.2, 0.25) is 11.8 Å².